The van der Waals surface area contributed by atoms with E-state index < -0.39 is 41.9 Å². The summed E-state index contributed by atoms with van der Waals surface area (Å²) in [6.07, 6.45) is -10.4. The second-order valence-corrected chi connectivity index (χ2v) is 10.1. The van der Waals surface area contributed by atoms with E-state index in [0.29, 0.717) is 28.5 Å². The molecule has 0 fully saturated rings. The lowest BCUT2D eigenvalue weighted by Gasteiger charge is -2.15. The first-order chi connectivity index (χ1) is 20.7. The molecule has 0 atom stereocenters. The lowest BCUT2D eigenvalue weighted by Crippen LogP contribution is -2.25. The molecule has 14 heteroatoms. The molecule has 0 unspecified atom stereocenters. The van der Waals surface area contributed by atoms with Gasteiger partial charge in [-0.25, -0.2) is 4.98 Å². The topological polar surface area (TPSA) is 97.4 Å². The predicted molar refractivity (Wildman–Crippen MR) is 148 cm³/mol. The van der Waals surface area contributed by atoms with Crippen molar-refractivity contribution in [2.24, 2.45) is 0 Å². The van der Waals surface area contributed by atoms with Gasteiger partial charge in [-0.05, 0) is 66.2 Å². The Bertz CT molecular complexity index is 1840. The number of carboxylic acid groups (broad SMARTS) is 1. The molecular formula is C30H20ClF6N3O4. The lowest BCUT2D eigenvalue weighted by molar-refractivity contribution is -0.143. The van der Waals surface area contributed by atoms with Gasteiger partial charge in [0.1, 0.15) is 5.76 Å². The normalized spacial score (nSPS) is 12.1. The highest BCUT2D eigenvalue weighted by Gasteiger charge is 2.37. The maximum absolute atomic E-state index is 13.6. The minimum absolute atomic E-state index is 0.0511. The van der Waals surface area contributed by atoms with Crippen molar-refractivity contribution in [3.8, 4) is 22.9 Å². The van der Waals surface area contributed by atoms with Crippen molar-refractivity contribution < 1.29 is 45.5 Å². The molecule has 0 aliphatic heterocycles. The molecule has 1 amide bonds. The Morgan fingerprint density at radius 1 is 0.886 bits per heavy atom. The van der Waals surface area contributed by atoms with Crippen LogP contribution >= 0.6 is 11.6 Å². The zero-order valence-corrected chi connectivity index (χ0v) is 23.0. The van der Waals surface area contributed by atoms with E-state index in [1.807, 2.05) is 0 Å². The first-order valence-corrected chi connectivity index (χ1v) is 13.2. The third-order valence-corrected chi connectivity index (χ3v) is 6.79. The van der Waals surface area contributed by atoms with Crippen LogP contribution in [-0.2, 0) is 23.7 Å². The van der Waals surface area contributed by atoms with Crippen LogP contribution in [0.3, 0.4) is 0 Å². The van der Waals surface area contributed by atoms with Gasteiger partial charge in [0.15, 0.2) is 11.6 Å². The lowest BCUT2D eigenvalue weighted by atomic mass is 10.0. The number of fused-ring (bicyclic) bond motifs is 1. The maximum atomic E-state index is 13.6. The number of nitrogens with zero attached hydrogens (tertiary/aromatic N) is 2. The minimum atomic E-state index is -5.04. The SMILES string of the molecule is O=C(O)CCNC(=O)c1ccc2c(c1)nc(-c1ccc(-c3cccc(Cl)c3)o1)n2Cc1cc(C(F)(F)F)cc(C(F)(F)F)c1. The highest BCUT2D eigenvalue weighted by Crippen LogP contribution is 2.38. The van der Waals surface area contributed by atoms with E-state index in [-0.39, 0.29) is 52.8 Å². The Kier molecular flexibility index (Phi) is 8.17. The van der Waals surface area contributed by atoms with E-state index in [4.69, 9.17) is 21.1 Å². The largest absolute Gasteiger partial charge is 0.481 e. The van der Waals surface area contributed by atoms with Gasteiger partial charge in [-0.15, -0.1) is 0 Å². The van der Waals surface area contributed by atoms with E-state index in [2.05, 4.69) is 10.3 Å². The van der Waals surface area contributed by atoms with Gasteiger partial charge in [-0.1, -0.05) is 23.7 Å². The monoisotopic (exact) mass is 635 g/mol. The molecule has 3 aromatic carbocycles. The van der Waals surface area contributed by atoms with Gasteiger partial charge in [-0.2, -0.15) is 26.3 Å². The van der Waals surface area contributed by atoms with Crippen LogP contribution in [0.1, 0.15) is 33.5 Å². The number of alkyl halides is 6. The quantitative estimate of drug-likeness (QED) is 0.169. The van der Waals surface area contributed by atoms with E-state index in [1.54, 1.807) is 36.4 Å². The third kappa shape index (κ3) is 6.72. The highest BCUT2D eigenvalue weighted by molar-refractivity contribution is 6.30. The number of benzene rings is 3. The zero-order valence-electron chi connectivity index (χ0n) is 22.3. The van der Waals surface area contributed by atoms with Crippen LogP contribution in [-0.4, -0.2) is 33.1 Å². The van der Waals surface area contributed by atoms with E-state index >= 15 is 0 Å². The standard InChI is InChI=1S/C30H20ClF6N3O4/c31-21-3-1-2-17(12-21)24-6-7-25(44-24)27-39-22-13-18(28(43)38-9-8-26(41)42)4-5-23(22)40(27)15-16-10-19(29(32,33)34)14-20(11-16)30(35,36)37/h1-7,10-14H,8-9,15H2,(H,38,43)(H,41,42). The Hall–Kier alpha value is -4.78. The van der Waals surface area contributed by atoms with Crippen LogP contribution < -0.4 is 5.32 Å². The minimum Gasteiger partial charge on any atom is -0.481 e. The molecule has 0 saturated heterocycles. The number of carboxylic acids is 1. The Morgan fingerprint density at radius 3 is 2.20 bits per heavy atom. The molecular weight excluding hydrogens is 616 g/mol. The number of rotatable bonds is 8. The molecule has 5 aromatic rings. The first-order valence-electron chi connectivity index (χ1n) is 12.8. The number of aromatic nitrogens is 2. The maximum Gasteiger partial charge on any atom is 0.416 e. The average Bonchev–Trinajstić information content (AvgIpc) is 3.57. The van der Waals surface area contributed by atoms with Crippen molar-refractivity contribution in [2.45, 2.75) is 25.3 Å². The molecule has 2 aromatic heterocycles. The molecule has 5 rings (SSSR count). The summed E-state index contributed by atoms with van der Waals surface area (Å²) in [7, 11) is 0. The Labute approximate surface area is 249 Å². The molecule has 2 heterocycles. The summed E-state index contributed by atoms with van der Waals surface area (Å²) >= 11 is 6.08. The van der Waals surface area contributed by atoms with Crippen molar-refractivity contribution >= 4 is 34.5 Å². The van der Waals surface area contributed by atoms with Crippen LogP contribution in [0.5, 0.6) is 0 Å². The number of carbonyl (C=O) groups excluding carboxylic acids is 1. The number of nitrogens with one attached hydrogen (secondary N) is 1. The summed E-state index contributed by atoms with van der Waals surface area (Å²) in [6, 6.07) is 15.4. The van der Waals surface area contributed by atoms with Gasteiger partial charge in [0, 0.05) is 29.2 Å². The number of imidazole rings is 1. The molecule has 0 bridgehead atoms. The van der Waals surface area contributed by atoms with Crippen molar-refractivity contribution in [1.29, 1.82) is 0 Å². The molecule has 2 N–H and O–H groups in total. The van der Waals surface area contributed by atoms with Crippen LogP contribution in [0.25, 0.3) is 33.9 Å². The molecule has 0 aliphatic rings. The number of furan rings is 1. The molecule has 44 heavy (non-hydrogen) atoms. The van der Waals surface area contributed by atoms with Gasteiger partial charge in [0.25, 0.3) is 5.91 Å². The highest BCUT2D eigenvalue weighted by atomic mass is 35.5. The average molecular weight is 636 g/mol. The smallest absolute Gasteiger partial charge is 0.416 e. The molecule has 0 spiro atoms. The summed E-state index contributed by atoms with van der Waals surface area (Å²) in [5.41, 5.74) is -2.03. The van der Waals surface area contributed by atoms with Crippen molar-refractivity contribution in [3.05, 3.63) is 100 Å². The van der Waals surface area contributed by atoms with Crippen molar-refractivity contribution in [2.75, 3.05) is 6.54 Å². The molecule has 228 valence electrons. The first kappa shape index (κ1) is 30.7. The van der Waals surface area contributed by atoms with Gasteiger partial charge in [0.05, 0.1) is 28.6 Å². The second kappa shape index (κ2) is 11.7. The Morgan fingerprint density at radius 2 is 1.57 bits per heavy atom. The number of amides is 1. The van der Waals surface area contributed by atoms with Gasteiger partial charge in [-0.3, -0.25) is 9.59 Å². The summed E-state index contributed by atoms with van der Waals surface area (Å²) in [5, 5.41) is 11.7. The number of aliphatic carboxylic acids is 1. The summed E-state index contributed by atoms with van der Waals surface area (Å²) < 4.78 is 88.8. The molecule has 0 saturated carbocycles. The van der Waals surface area contributed by atoms with Crippen LogP contribution in [0.4, 0.5) is 26.3 Å². The van der Waals surface area contributed by atoms with Crippen LogP contribution in [0.15, 0.2) is 77.2 Å². The van der Waals surface area contributed by atoms with Gasteiger partial charge in [0.2, 0.25) is 0 Å². The predicted octanol–water partition coefficient (Wildman–Crippen LogP) is 7.91. The van der Waals surface area contributed by atoms with E-state index in [1.165, 1.54) is 22.8 Å². The number of carbonyl (C=O) groups is 2. The summed E-state index contributed by atoms with van der Waals surface area (Å²) in [5.74, 6) is -1.12. The molecule has 0 aliphatic carbocycles. The third-order valence-electron chi connectivity index (χ3n) is 6.56. The molecule has 7 nitrogen and oxygen atoms in total. The van der Waals surface area contributed by atoms with E-state index in [0.717, 1.165) is 0 Å². The summed E-state index contributed by atoms with van der Waals surface area (Å²) in [6.45, 7) is -0.599. The number of hydrogen-bond acceptors (Lipinski definition) is 4. The fourth-order valence-electron chi connectivity index (χ4n) is 4.55. The van der Waals surface area contributed by atoms with Crippen LogP contribution in [0, 0.1) is 0 Å². The zero-order chi connectivity index (χ0) is 31.8. The fraction of sp³-hybridized carbons (Fsp3) is 0.167. The summed E-state index contributed by atoms with van der Waals surface area (Å²) in [4.78, 5) is 27.9. The fourth-order valence-corrected chi connectivity index (χ4v) is 4.74. The Balaban J connectivity index is 1.62. The molecule has 0 radical (unpaired) electrons. The number of halogens is 7. The second-order valence-electron chi connectivity index (χ2n) is 9.71. The number of hydrogen-bond donors (Lipinski definition) is 2. The van der Waals surface area contributed by atoms with Crippen molar-refractivity contribution in [3.63, 3.8) is 0 Å². The van der Waals surface area contributed by atoms with Gasteiger partial charge >= 0.3 is 18.3 Å². The van der Waals surface area contributed by atoms with Crippen molar-refractivity contribution in [1.82, 2.24) is 14.9 Å². The van der Waals surface area contributed by atoms with Gasteiger partial charge < -0.3 is 19.4 Å². The van der Waals surface area contributed by atoms with E-state index in [9.17, 15) is 35.9 Å². The van der Waals surface area contributed by atoms with Crippen LogP contribution in [0.2, 0.25) is 5.02 Å².